The minimum Gasteiger partial charge on any atom is -0.376 e. The van der Waals surface area contributed by atoms with Gasteiger partial charge in [0.2, 0.25) is 11.8 Å². The van der Waals surface area contributed by atoms with Gasteiger partial charge in [0, 0.05) is 58.3 Å². The minimum absolute atomic E-state index is 0.0462. The molecule has 0 aliphatic carbocycles. The quantitative estimate of drug-likeness (QED) is 0.476. The summed E-state index contributed by atoms with van der Waals surface area (Å²) in [5.74, 6) is -0.189. The van der Waals surface area contributed by atoms with E-state index in [4.69, 9.17) is 11.6 Å². The molecule has 0 radical (unpaired) electrons. The molecular weight excluding hydrogens is 510 g/mol. The largest absolute Gasteiger partial charge is 0.376 e. The summed E-state index contributed by atoms with van der Waals surface area (Å²) in [6.07, 6.45) is 1.02. The maximum absolute atomic E-state index is 13.8. The normalized spacial score (nSPS) is 17.8. The summed E-state index contributed by atoms with van der Waals surface area (Å²) in [7, 11) is 4.09. The summed E-state index contributed by atoms with van der Waals surface area (Å²) in [6.45, 7) is 3.31. The summed E-state index contributed by atoms with van der Waals surface area (Å²) in [5, 5.41) is 7.09. The fourth-order valence-corrected chi connectivity index (χ4v) is 5.59. The van der Waals surface area contributed by atoms with Crippen molar-refractivity contribution in [2.24, 2.45) is 0 Å². The molecule has 8 heteroatoms. The highest BCUT2D eigenvalue weighted by Crippen LogP contribution is 2.28. The molecule has 2 atom stereocenters. The van der Waals surface area contributed by atoms with E-state index in [9.17, 15) is 9.59 Å². The van der Waals surface area contributed by atoms with Crippen LogP contribution in [-0.2, 0) is 29.0 Å². The third-order valence-electron chi connectivity index (χ3n) is 7.66. The fourth-order valence-electron chi connectivity index (χ4n) is 5.47. The summed E-state index contributed by atoms with van der Waals surface area (Å²) in [5.41, 5.74) is 5.67. The van der Waals surface area contributed by atoms with Crippen LogP contribution in [-0.4, -0.2) is 69.1 Å². The molecule has 3 aromatic carbocycles. The predicted octanol–water partition coefficient (Wildman–Crippen LogP) is 3.50. The number of hydrogen-bond donors (Lipinski definition) is 2. The van der Waals surface area contributed by atoms with Gasteiger partial charge < -0.3 is 25.3 Å². The number of amides is 2. The van der Waals surface area contributed by atoms with Gasteiger partial charge in [-0.15, -0.1) is 0 Å². The molecule has 39 heavy (non-hydrogen) atoms. The Kier molecular flexibility index (Phi) is 8.38. The van der Waals surface area contributed by atoms with Crippen LogP contribution in [0.4, 0.5) is 11.4 Å². The van der Waals surface area contributed by atoms with Gasteiger partial charge in [-0.2, -0.15) is 0 Å². The van der Waals surface area contributed by atoms with Crippen molar-refractivity contribution in [1.29, 1.82) is 0 Å². The van der Waals surface area contributed by atoms with Crippen LogP contribution in [0.1, 0.15) is 16.7 Å². The Bertz CT molecular complexity index is 1300. The molecule has 7 nitrogen and oxygen atoms in total. The molecule has 0 saturated carbocycles. The van der Waals surface area contributed by atoms with Gasteiger partial charge >= 0.3 is 0 Å². The lowest BCUT2D eigenvalue weighted by molar-refractivity contribution is -0.137. The molecule has 2 heterocycles. The van der Waals surface area contributed by atoms with Gasteiger partial charge in [0.15, 0.2) is 0 Å². The van der Waals surface area contributed by atoms with Gasteiger partial charge in [0.25, 0.3) is 0 Å². The SMILES string of the molecule is CN(C)c1ccccc1N1CCN(C(=O)[C@@H](Cc2ccc(Cl)cc2)NC(=O)[C@H]2Cc3ccccc3CN2)CC1. The van der Waals surface area contributed by atoms with Crippen molar-refractivity contribution in [3.63, 3.8) is 0 Å². The molecular formula is C31H36ClN5O2. The lowest BCUT2D eigenvalue weighted by atomic mass is 9.95. The van der Waals surface area contributed by atoms with Gasteiger partial charge in [-0.1, -0.05) is 60.1 Å². The number of benzene rings is 3. The highest BCUT2D eigenvalue weighted by atomic mass is 35.5. The number of nitrogens with one attached hydrogen (secondary N) is 2. The zero-order valence-corrected chi connectivity index (χ0v) is 23.3. The first kappa shape index (κ1) is 27.0. The number of rotatable bonds is 7. The van der Waals surface area contributed by atoms with Crippen LogP contribution in [0.25, 0.3) is 0 Å². The van der Waals surface area contributed by atoms with Crippen LogP contribution in [0.3, 0.4) is 0 Å². The van der Waals surface area contributed by atoms with E-state index in [0.29, 0.717) is 37.5 Å². The van der Waals surface area contributed by atoms with Crippen LogP contribution in [0.15, 0.2) is 72.8 Å². The van der Waals surface area contributed by atoms with E-state index in [1.54, 1.807) is 0 Å². The molecule has 2 amide bonds. The Hall–Kier alpha value is -3.55. The minimum atomic E-state index is -0.654. The average Bonchev–Trinajstić information content (AvgIpc) is 2.97. The van der Waals surface area contributed by atoms with Gasteiger partial charge in [0.05, 0.1) is 17.4 Å². The van der Waals surface area contributed by atoms with E-state index in [1.807, 2.05) is 61.5 Å². The van der Waals surface area contributed by atoms with E-state index < -0.39 is 6.04 Å². The molecule has 0 bridgehead atoms. The van der Waals surface area contributed by atoms with Gasteiger partial charge in [0.1, 0.15) is 6.04 Å². The zero-order chi connectivity index (χ0) is 27.4. The van der Waals surface area contributed by atoms with Gasteiger partial charge in [-0.3, -0.25) is 9.59 Å². The molecule has 2 aliphatic rings. The van der Waals surface area contributed by atoms with Crippen molar-refractivity contribution >= 4 is 34.8 Å². The van der Waals surface area contributed by atoms with Crippen LogP contribution in [0, 0.1) is 0 Å². The predicted molar refractivity (Wildman–Crippen MR) is 157 cm³/mol. The van der Waals surface area contributed by atoms with Crippen molar-refractivity contribution in [3.05, 3.63) is 94.5 Å². The molecule has 3 aromatic rings. The molecule has 1 fully saturated rings. The summed E-state index contributed by atoms with van der Waals surface area (Å²) >= 11 is 6.09. The Labute approximate surface area is 235 Å². The van der Waals surface area contributed by atoms with E-state index in [1.165, 1.54) is 16.8 Å². The molecule has 2 N–H and O–H groups in total. The number of hydrogen-bond acceptors (Lipinski definition) is 5. The van der Waals surface area contributed by atoms with Crippen LogP contribution in [0.5, 0.6) is 0 Å². The molecule has 204 valence electrons. The second-order valence-electron chi connectivity index (χ2n) is 10.5. The second-order valence-corrected chi connectivity index (χ2v) is 10.9. The lowest BCUT2D eigenvalue weighted by Crippen LogP contribution is -2.58. The number of fused-ring (bicyclic) bond motifs is 1. The Morgan fingerprint density at radius 3 is 2.33 bits per heavy atom. The average molecular weight is 546 g/mol. The first-order chi connectivity index (χ1) is 18.9. The molecule has 0 aromatic heterocycles. The Morgan fingerprint density at radius 1 is 0.949 bits per heavy atom. The van der Waals surface area contributed by atoms with E-state index in [0.717, 1.165) is 24.3 Å². The number of piperazine rings is 1. The van der Waals surface area contributed by atoms with E-state index >= 15 is 0 Å². The molecule has 2 aliphatic heterocycles. The highest BCUT2D eigenvalue weighted by molar-refractivity contribution is 6.30. The number of para-hydroxylation sites is 2. The van der Waals surface area contributed by atoms with E-state index in [2.05, 4.69) is 50.8 Å². The third-order valence-corrected chi connectivity index (χ3v) is 7.91. The lowest BCUT2D eigenvalue weighted by Gasteiger charge is -2.39. The van der Waals surface area contributed by atoms with Crippen LogP contribution < -0.4 is 20.4 Å². The maximum atomic E-state index is 13.8. The monoisotopic (exact) mass is 545 g/mol. The highest BCUT2D eigenvalue weighted by Gasteiger charge is 2.32. The van der Waals surface area contributed by atoms with E-state index in [-0.39, 0.29) is 17.9 Å². The molecule has 0 spiro atoms. The van der Waals surface area contributed by atoms with Crippen molar-refractivity contribution < 1.29 is 9.59 Å². The van der Waals surface area contributed by atoms with Crippen molar-refractivity contribution in [3.8, 4) is 0 Å². The number of anilines is 2. The summed E-state index contributed by atoms with van der Waals surface area (Å²) in [4.78, 5) is 33.6. The first-order valence-electron chi connectivity index (χ1n) is 13.5. The number of nitrogens with zero attached hydrogens (tertiary/aromatic N) is 3. The van der Waals surface area contributed by atoms with Crippen molar-refractivity contribution in [2.75, 3.05) is 50.1 Å². The van der Waals surface area contributed by atoms with Crippen molar-refractivity contribution in [1.82, 2.24) is 15.5 Å². The zero-order valence-electron chi connectivity index (χ0n) is 22.6. The second kappa shape index (κ2) is 12.1. The number of carbonyl (C=O) groups is 2. The first-order valence-corrected chi connectivity index (χ1v) is 13.9. The number of halogens is 1. The molecule has 5 rings (SSSR count). The van der Waals surface area contributed by atoms with Crippen LogP contribution in [0.2, 0.25) is 5.02 Å². The van der Waals surface area contributed by atoms with Gasteiger partial charge in [-0.05, 0) is 47.4 Å². The smallest absolute Gasteiger partial charge is 0.245 e. The maximum Gasteiger partial charge on any atom is 0.245 e. The number of carbonyl (C=O) groups excluding carboxylic acids is 2. The fraction of sp³-hybridized carbons (Fsp3) is 0.355. The topological polar surface area (TPSA) is 67.9 Å². The standard InChI is InChI=1S/C31H36ClN5O2/c1-35(2)28-9-5-6-10-29(28)36-15-17-37(18-16-36)31(39)27(19-22-11-13-25(32)14-12-22)34-30(38)26-20-23-7-3-4-8-24(23)21-33-26/h3-14,26-27,33H,15-21H2,1-2H3,(H,34,38)/t26-,27-/m1/s1. The van der Waals surface area contributed by atoms with Crippen LogP contribution >= 0.6 is 11.6 Å². The summed E-state index contributed by atoms with van der Waals surface area (Å²) < 4.78 is 0. The Balaban J connectivity index is 1.28. The molecule has 1 saturated heterocycles. The van der Waals surface area contributed by atoms with Gasteiger partial charge in [-0.25, -0.2) is 0 Å². The summed E-state index contributed by atoms with van der Waals surface area (Å²) in [6, 6.07) is 23.0. The molecule has 0 unspecified atom stereocenters. The van der Waals surface area contributed by atoms with Crippen molar-refractivity contribution in [2.45, 2.75) is 31.5 Å². The third kappa shape index (κ3) is 6.37. The Morgan fingerprint density at radius 2 is 1.62 bits per heavy atom.